The molecular weight excluding hydrogens is 354 g/mol. The number of nitro groups is 1. The minimum absolute atomic E-state index is 0.0487. The number of fused-ring (bicyclic) bond motifs is 1. The number of nitrogens with zero attached hydrogens (tertiary/aromatic N) is 3. The molecule has 0 aliphatic rings. The Morgan fingerprint density at radius 3 is 2.57 bits per heavy atom. The number of H-pyrrole nitrogens is 1. The number of aromatic nitrogens is 3. The van der Waals surface area contributed by atoms with E-state index < -0.39 is 4.92 Å². The molecule has 0 spiro atoms. The van der Waals surface area contributed by atoms with E-state index in [-0.39, 0.29) is 5.69 Å². The highest BCUT2D eigenvalue weighted by Crippen LogP contribution is 2.22. The number of benzene rings is 2. The van der Waals surface area contributed by atoms with Crippen LogP contribution in [-0.4, -0.2) is 19.9 Å². The first-order chi connectivity index (χ1) is 13.6. The number of para-hydroxylation sites is 1. The largest absolute Gasteiger partial charge is 0.364 e. The van der Waals surface area contributed by atoms with E-state index >= 15 is 0 Å². The van der Waals surface area contributed by atoms with Crippen LogP contribution in [0, 0.1) is 10.1 Å². The summed E-state index contributed by atoms with van der Waals surface area (Å²) in [5.41, 5.74) is 3.86. The Labute approximate surface area is 161 Å². The van der Waals surface area contributed by atoms with Gasteiger partial charge in [0.05, 0.1) is 11.5 Å². The molecule has 140 valence electrons. The number of anilines is 1. The second kappa shape index (κ2) is 7.48. The molecule has 0 saturated carbocycles. The van der Waals surface area contributed by atoms with E-state index in [4.69, 9.17) is 0 Å². The number of hydrogen-bond donors (Lipinski definition) is 2. The van der Waals surface area contributed by atoms with Gasteiger partial charge in [-0.25, -0.2) is 9.97 Å². The quantitative estimate of drug-likeness (QED) is 0.377. The van der Waals surface area contributed by atoms with Gasteiger partial charge in [0.15, 0.2) is 5.82 Å². The molecule has 0 aliphatic heterocycles. The molecule has 28 heavy (non-hydrogen) atoms. The zero-order valence-corrected chi connectivity index (χ0v) is 15.3. The van der Waals surface area contributed by atoms with Crippen LogP contribution in [0.25, 0.3) is 22.3 Å². The molecule has 2 aromatic heterocycles. The molecule has 2 aromatic carbocycles. The van der Waals surface area contributed by atoms with Gasteiger partial charge in [0, 0.05) is 40.7 Å². The van der Waals surface area contributed by atoms with Gasteiger partial charge in [-0.05, 0) is 36.1 Å². The van der Waals surface area contributed by atoms with Crippen molar-refractivity contribution in [3.63, 3.8) is 0 Å². The number of non-ortho nitro benzene ring substituents is 1. The van der Waals surface area contributed by atoms with Crippen LogP contribution in [0.15, 0.2) is 60.7 Å². The van der Waals surface area contributed by atoms with E-state index in [1.165, 1.54) is 17.5 Å². The molecule has 0 fully saturated rings. The zero-order valence-electron chi connectivity index (χ0n) is 15.3. The third-order valence-electron chi connectivity index (χ3n) is 4.52. The van der Waals surface area contributed by atoms with Crippen LogP contribution >= 0.6 is 0 Å². The van der Waals surface area contributed by atoms with Crippen LogP contribution in [0.2, 0.25) is 0 Å². The van der Waals surface area contributed by atoms with Crippen molar-refractivity contribution in [3.8, 4) is 11.4 Å². The average Bonchev–Trinajstić information content (AvgIpc) is 3.15. The fraction of sp³-hybridized carbons (Fsp3) is 0.143. The van der Waals surface area contributed by atoms with E-state index in [1.807, 2.05) is 31.2 Å². The van der Waals surface area contributed by atoms with Gasteiger partial charge in [-0.2, -0.15) is 0 Å². The second-order valence-corrected chi connectivity index (χ2v) is 6.46. The fourth-order valence-corrected chi connectivity index (χ4v) is 3.04. The van der Waals surface area contributed by atoms with E-state index in [1.54, 1.807) is 12.1 Å². The Morgan fingerprint density at radius 1 is 1.07 bits per heavy atom. The van der Waals surface area contributed by atoms with E-state index in [2.05, 4.69) is 32.4 Å². The van der Waals surface area contributed by atoms with E-state index in [0.29, 0.717) is 12.4 Å². The molecule has 0 atom stereocenters. The van der Waals surface area contributed by atoms with Crippen LogP contribution in [0.3, 0.4) is 0 Å². The maximum atomic E-state index is 10.8. The van der Waals surface area contributed by atoms with Crippen molar-refractivity contribution in [3.05, 3.63) is 82.2 Å². The van der Waals surface area contributed by atoms with Gasteiger partial charge in [-0.15, -0.1) is 0 Å². The van der Waals surface area contributed by atoms with Crippen LogP contribution in [-0.2, 0) is 13.0 Å². The fourth-order valence-electron chi connectivity index (χ4n) is 3.04. The maximum Gasteiger partial charge on any atom is 0.269 e. The average molecular weight is 373 g/mol. The van der Waals surface area contributed by atoms with Gasteiger partial charge in [0.1, 0.15) is 5.82 Å². The minimum atomic E-state index is -0.416. The van der Waals surface area contributed by atoms with Gasteiger partial charge in [-0.3, -0.25) is 10.1 Å². The Kier molecular flexibility index (Phi) is 4.72. The van der Waals surface area contributed by atoms with Gasteiger partial charge in [0.2, 0.25) is 0 Å². The number of aryl methyl sites for hydroxylation is 1. The molecule has 7 heteroatoms. The molecule has 7 nitrogen and oxygen atoms in total. The van der Waals surface area contributed by atoms with Gasteiger partial charge >= 0.3 is 0 Å². The molecule has 4 aromatic rings. The maximum absolute atomic E-state index is 10.8. The summed E-state index contributed by atoms with van der Waals surface area (Å²) in [5, 5.41) is 15.4. The predicted octanol–water partition coefficient (Wildman–Crippen LogP) is 4.71. The second-order valence-electron chi connectivity index (χ2n) is 6.46. The lowest BCUT2D eigenvalue weighted by atomic mass is 10.2. The third kappa shape index (κ3) is 3.68. The predicted molar refractivity (Wildman–Crippen MR) is 109 cm³/mol. The van der Waals surface area contributed by atoms with Crippen molar-refractivity contribution in [2.75, 3.05) is 5.32 Å². The first-order valence-electron chi connectivity index (χ1n) is 9.05. The summed E-state index contributed by atoms with van der Waals surface area (Å²) in [6.45, 7) is 2.64. The van der Waals surface area contributed by atoms with Crippen LogP contribution in [0.4, 0.5) is 11.5 Å². The number of nitrogens with one attached hydrogen (secondary N) is 2. The van der Waals surface area contributed by atoms with Gasteiger partial charge < -0.3 is 10.3 Å². The first-order valence-corrected chi connectivity index (χ1v) is 9.05. The molecule has 4 rings (SSSR count). The highest BCUT2D eigenvalue weighted by molar-refractivity contribution is 5.80. The van der Waals surface area contributed by atoms with Crippen molar-refractivity contribution in [2.24, 2.45) is 0 Å². The summed E-state index contributed by atoms with van der Waals surface area (Å²) < 4.78 is 0. The normalized spacial score (nSPS) is 10.9. The van der Waals surface area contributed by atoms with Crippen molar-refractivity contribution >= 4 is 22.4 Å². The van der Waals surface area contributed by atoms with E-state index in [9.17, 15) is 10.1 Å². The number of hydrogen-bond acceptors (Lipinski definition) is 5. The molecule has 0 aliphatic carbocycles. The Hall–Kier alpha value is -3.74. The van der Waals surface area contributed by atoms with Crippen LogP contribution < -0.4 is 5.32 Å². The van der Waals surface area contributed by atoms with Crippen LogP contribution in [0.5, 0.6) is 0 Å². The summed E-state index contributed by atoms with van der Waals surface area (Å²) in [6, 6.07) is 18.5. The lowest BCUT2D eigenvalue weighted by Crippen LogP contribution is -2.05. The van der Waals surface area contributed by atoms with Gasteiger partial charge in [0.25, 0.3) is 5.69 Å². The highest BCUT2D eigenvalue weighted by atomic mass is 16.6. The Bertz CT molecular complexity index is 1100. The summed E-state index contributed by atoms with van der Waals surface area (Å²) in [4.78, 5) is 23.0. The topological polar surface area (TPSA) is 96.7 Å². The monoisotopic (exact) mass is 373 g/mol. The van der Waals surface area contributed by atoms with Crippen LogP contribution in [0.1, 0.15) is 18.3 Å². The van der Waals surface area contributed by atoms with Gasteiger partial charge in [-0.1, -0.05) is 25.1 Å². The Balaban J connectivity index is 1.58. The van der Waals surface area contributed by atoms with E-state index in [0.717, 1.165) is 34.7 Å². The molecule has 0 radical (unpaired) electrons. The first kappa shape index (κ1) is 17.7. The lowest BCUT2D eigenvalue weighted by Gasteiger charge is -2.09. The smallest absolute Gasteiger partial charge is 0.269 e. The number of rotatable bonds is 6. The molecule has 0 saturated heterocycles. The van der Waals surface area contributed by atoms with Crippen molar-refractivity contribution in [1.82, 2.24) is 15.0 Å². The summed E-state index contributed by atoms with van der Waals surface area (Å²) >= 11 is 0. The summed E-state index contributed by atoms with van der Waals surface area (Å²) in [7, 11) is 0. The molecule has 0 bridgehead atoms. The Morgan fingerprint density at radius 2 is 1.86 bits per heavy atom. The molecule has 2 N–H and O–H groups in total. The van der Waals surface area contributed by atoms with Crippen molar-refractivity contribution in [2.45, 2.75) is 19.9 Å². The molecule has 0 unspecified atom stereocenters. The number of aromatic amines is 1. The standard InChI is InChI=1S/C21H19N5O2/c1-2-16-12-20(22-13-17-11-15-5-3-4-6-19(15)23-17)25-21(24-16)14-7-9-18(10-8-14)26(27)28/h3-12,23H,2,13H2,1H3,(H,22,24,25). The lowest BCUT2D eigenvalue weighted by molar-refractivity contribution is -0.384. The SMILES string of the molecule is CCc1cc(NCc2cc3ccccc3[nH]2)nc(-c2ccc([N+](=O)[O-])cc2)n1. The molecule has 0 amide bonds. The number of nitro benzene ring substituents is 1. The van der Waals surface area contributed by atoms with Crippen molar-refractivity contribution in [1.29, 1.82) is 0 Å². The zero-order chi connectivity index (χ0) is 19.5. The highest BCUT2D eigenvalue weighted by Gasteiger charge is 2.10. The summed E-state index contributed by atoms with van der Waals surface area (Å²) in [5.74, 6) is 1.27. The molecule has 2 heterocycles. The minimum Gasteiger partial charge on any atom is -0.364 e. The third-order valence-corrected chi connectivity index (χ3v) is 4.52. The molecular formula is C21H19N5O2. The van der Waals surface area contributed by atoms with Crippen molar-refractivity contribution < 1.29 is 4.92 Å². The summed E-state index contributed by atoms with van der Waals surface area (Å²) in [6.07, 6.45) is 0.767.